The molecule has 1 rings (SSSR count). The molecule has 0 aromatic rings. The quantitative estimate of drug-likeness (QED) is 0.569. The minimum absolute atomic E-state index is 0.0787. The van der Waals surface area contributed by atoms with E-state index in [9.17, 15) is 14.4 Å². The molecule has 0 radical (unpaired) electrons. The summed E-state index contributed by atoms with van der Waals surface area (Å²) in [6.45, 7) is 2.37. The van der Waals surface area contributed by atoms with Gasteiger partial charge in [-0.15, -0.1) is 0 Å². The normalized spacial score (nSPS) is 18.9. The molecule has 0 bridgehead atoms. The van der Waals surface area contributed by atoms with Crippen molar-refractivity contribution in [3.63, 3.8) is 0 Å². The number of carbonyl (C=O) groups is 3. The van der Waals surface area contributed by atoms with Crippen molar-refractivity contribution in [3.05, 3.63) is 0 Å². The summed E-state index contributed by atoms with van der Waals surface area (Å²) >= 11 is 0. The van der Waals surface area contributed by atoms with E-state index >= 15 is 0 Å². The molecule has 86 valence electrons. The SMILES string of the molecule is CCC(=O)C(=O)O.O=C(O)[C@@H]1CCCN1. The number of nitrogens with one attached hydrogen (secondary N) is 1. The Kier molecular flexibility index (Phi) is 6.28. The molecule has 1 aliphatic rings. The van der Waals surface area contributed by atoms with Crippen molar-refractivity contribution in [3.8, 4) is 0 Å². The third-order valence-corrected chi connectivity index (χ3v) is 1.92. The first kappa shape index (κ1) is 13.6. The van der Waals surface area contributed by atoms with Crippen molar-refractivity contribution in [2.45, 2.75) is 32.2 Å². The van der Waals surface area contributed by atoms with E-state index in [0.717, 1.165) is 19.4 Å². The molecular weight excluding hydrogens is 202 g/mol. The standard InChI is InChI=1S/C5H9NO2.C4H6O3/c7-5(8)4-2-1-3-6-4;1-2-3(5)4(6)7/h4,6H,1-3H2,(H,7,8);2H2,1H3,(H,6,7)/t4-;/m0./s1. The van der Waals surface area contributed by atoms with Gasteiger partial charge in [0.25, 0.3) is 0 Å². The maximum absolute atomic E-state index is 10.1. The van der Waals surface area contributed by atoms with Crippen molar-refractivity contribution in [2.75, 3.05) is 6.54 Å². The van der Waals surface area contributed by atoms with E-state index in [-0.39, 0.29) is 12.5 Å². The molecule has 0 spiro atoms. The minimum Gasteiger partial charge on any atom is -0.480 e. The first-order valence-electron chi connectivity index (χ1n) is 4.71. The molecule has 6 nitrogen and oxygen atoms in total. The average molecular weight is 217 g/mol. The smallest absolute Gasteiger partial charge is 0.372 e. The number of carboxylic acids is 2. The first-order valence-corrected chi connectivity index (χ1v) is 4.71. The molecule has 0 aromatic carbocycles. The van der Waals surface area contributed by atoms with Gasteiger partial charge in [-0.05, 0) is 19.4 Å². The maximum atomic E-state index is 10.1. The summed E-state index contributed by atoms with van der Waals surface area (Å²) in [4.78, 5) is 29.6. The second-order valence-electron chi connectivity index (χ2n) is 3.07. The lowest BCUT2D eigenvalue weighted by molar-refractivity contribution is -0.148. The van der Waals surface area contributed by atoms with E-state index in [1.807, 2.05) is 0 Å². The van der Waals surface area contributed by atoms with Crippen molar-refractivity contribution in [2.24, 2.45) is 0 Å². The summed E-state index contributed by atoms with van der Waals surface area (Å²) in [5.41, 5.74) is 0. The van der Waals surface area contributed by atoms with Crippen LogP contribution < -0.4 is 5.32 Å². The second kappa shape index (κ2) is 6.94. The van der Waals surface area contributed by atoms with E-state index in [0.29, 0.717) is 0 Å². The largest absolute Gasteiger partial charge is 0.480 e. The summed E-state index contributed by atoms with van der Waals surface area (Å²) in [6.07, 6.45) is 1.86. The van der Waals surface area contributed by atoms with E-state index in [1.54, 1.807) is 0 Å². The molecular formula is C9H15NO5. The van der Waals surface area contributed by atoms with Gasteiger partial charge in [0.1, 0.15) is 6.04 Å². The zero-order chi connectivity index (χ0) is 11.8. The third-order valence-electron chi connectivity index (χ3n) is 1.92. The summed E-state index contributed by atoms with van der Waals surface area (Å²) in [6, 6.07) is -0.269. The van der Waals surface area contributed by atoms with Crippen LogP contribution in [0.5, 0.6) is 0 Å². The predicted octanol–water partition coefficient (Wildman–Crippen LogP) is -0.127. The molecule has 6 heteroatoms. The predicted molar refractivity (Wildman–Crippen MR) is 51.6 cm³/mol. The van der Waals surface area contributed by atoms with Gasteiger partial charge in [-0.1, -0.05) is 6.92 Å². The van der Waals surface area contributed by atoms with E-state index in [2.05, 4.69) is 5.32 Å². The fourth-order valence-electron chi connectivity index (χ4n) is 1.05. The van der Waals surface area contributed by atoms with Gasteiger partial charge in [0, 0.05) is 6.42 Å². The van der Waals surface area contributed by atoms with Crippen molar-refractivity contribution >= 4 is 17.7 Å². The van der Waals surface area contributed by atoms with Crippen LogP contribution in [0.1, 0.15) is 26.2 Å². The number of carbonyl (C=O) groups excluding carboxylic acids is 1. The fraction of sp³-hybridized carbons (Fsp3) is 0.667. The summed E-state index contributed by atoms with van der Waals surface area (Å²) in [5.74, 6) is -2.80. The number of carboxylic acid groups (broad SMARTS) is 2. The number of Topliss-reactive ketones (excluding diaryl/α,β-unsaturated/α-hetero) is 1. The highest BCUT2D eigenvalue weighted by Gasteiger charge is 2.20. The Hall–Kier alpha value is -1.43. The van der Waals surface area contributed by atoms with Crippen LogP contribution in [0.3, 0.4) is 0 Å². The van der Waals surface area contributed by atoms with Gasteiger partial charge in [0.05, 0.1) is 0 Å². The molecule has 0 aromatic heterocycles. The molecule has 3 N–H and O–H groups in total. The Balaban J connectivity index is 0.000000265. The van der Waals surface area contributed by atoms with Gasteiger partial charge in [0.2, 0.25) is 5.78 Å². The summed E-state index contributed by atoms with van der Waals surface area (Å²) < 4.78 is 0. The fourth-order valence-corrected chi connectivity index (χ4v) is 1.05. The van der Waals surface area contributed by atoms with Crippen LogP contribution in [0.2, 0.25) is 0 Å². The molecule has 15 heavy (non-hydrogen) atoms. The Labute approximate surface area is 87.3 Å². The van der Waals surface area contributed by atoms with Crippen LogP contribution in [-0.4, -0.2) is 40.5 Å². The minimum atomic E-state index is -1.34. The van der Waals surface area contributed by atoms with Gasteiger partial charge in [-0.3, -0.25) is 9.59 Å². The van der Waals surface area contributed by atoms with Gasteiger partial charge in [0.15, 0.2) is 0 Å². The van der Waals surface area contributed by atoms with Crippen LogP contribution in [0.25, 0.3) is 0 Å². The van der Waals surface area contributed by atoms with Crippen LogP contribution >= 0.6 is 0 Å². The Morgan fingerprint density at radius 3 is 2.07 bits per heavy atom. The van der Waals surface area contributed by atoms with Crippen LogP contribution in [0, 0.1) is 0 Å². The van der Waals surface area contributed by atoms with E-state index in [4.69, 9.17) is 10.2 Å². The van der Waals surface area contributed by atoms with Gasteiger partial charge >= 0.3 is 11.9 Å². The number of aliphatic carboxylic acids is 2. The van der Waals surface area contributed by atoms with Gasteiger partial charge in [-0.2, -0.15) is 0 Å². The van der Waals surface area contributed by atoms with E-state index in [1.165, 1.54) is 6.92 Å². The summed E-state index contributed by atoms with van der Waals surface area (Å²) in [7, 11) is 0. The molecule has 1 heterocycles. The Bertz CT molecular complexity index is 245. The molecule has 0 saturated carbocycles. The lowest BCUT2D eigenvalue weighted by Crippen LogP contribution is -2.29. The number of rotatable bonds is 3. The Morgan fingerprint density at radius 2 is 1.93 bits per heavy atom. The highest BCUT2D eigenvalue weighted by atomic mass is 16.4. The van der Waals surface area contributed by atoms with E-state index < -0.39 is 17.7 Å². The van der Waals surface area contributed by atoms with Crippen molar-refractivity contribution in [1.29, 1.82) is 0 Å². The average Bonchev–Trinajstić information content (AvgIpc) is 2.70. The van der Waals surface area contributed by atoms with Crippen molar-refractivity contribution in [1.82, 2.24) is 5.32 Å². The monoisotopic (exact) mass is 217 g/mol. The topological polar surface area (TPSA) is 104 Å². The molecule has 0 unspecified atom stereocenters. The second-order valence-corrected chi connectivity index (χ2v) is 3.07. The molecule has 0 amide bonds. The first-order chi connectivity index (χ1) is 6.99. The summed E-state index contributed by atoms with van der Waals surface area (Å²) in [5, 5.41) is 19.0. The molecule has 0 aliphatic carbocycles. The third kappa shape index (κ3) is 5.79. The highest BCUT2D eigenvalue weighted by Crippen LogP contribution is 2.03. The van der Waals surface area contributed by atoms with Crippen molar-refractivity contribution < 1.29 is 24.6 Å². The molecule has 1 aliphatic heterocycles. The Morgan fingerprint density at radius 1 is 1.33 bits per heavy atom. The van der Waals surface area contributed by atoms with Crippen LogP contribution in [-0.2, 0) is 14.4 Å². The number of ketones is 1. The van der Waals surface area contributed by atoms with Gasteiger partial charge < -0.3 is 15.5 Å². The molecule has 1 fully saturated rings. The van der Waals surface area contributed by atoms with Gasteiger partial charge in [-0.25, -0.2) is 4.79 Å². The van der Waals surface area contributed by atoms with Crippen LogP contribution in [0.4, 0.5) is 0 Å². The lowest BCUT2D eigenvalue weighted by Gasteiger charge is -1.99. The molecule has 1 atom stereocenters. The molecule has 1 saturated heterocycles. The maximum Gasteiger partial charge on any atom is 0.372 e. The zero-order valence-electron chi connectivity index (χ0n) is 8.52. The number of hydrogen-bond donors (Lipinski definition) is 3. The zero-order valence-corrected chi connectivity index (χ0v) is 8.52. The highest BCUT2D eigenvalue weighted by molar-refractivity contribution is 6.32. The number of hydrogen-bond acceptors (Lipinski definition) is 4. The lowest BCUT2D eigenvalue weighted by atomic mass is 10.2. The van der Waals surface area contributed by atoms with Crippen LogP contribution in [0.15, 0.2) is 0 Å².